The Morgan fingerprint density at radius 3 is 2.15 bits per heavy atom. The van der Waals surface area contributed by atoms with Gasteiger partial charge in [0.05, 0.1) is 37.3 Å². The van der Waals surface area contributed by atoms with Crippen LogP contribution in [0, 0.1) is 45.3 Å². The molecule has 3 unspecified atom stereocenters. The predicted octanol–water partition coefficient (Wildman–Crippen LogP) is 6.30. The molecule has 0 aromatic rings. The summed E-state index contributed by atoms with van der Waals surface area (Å²) in [5.74, 6) is -0.206. The Kier molecular flexibility index (Phi) is 10.8. The Hall–Kier alpha value is -1.97. The number of carbonyl (C=O) groups is 3. The van der Waals surface area contributed by atoms with Crippen LogP contribution in [0.5, 0.6) is 0 Å². The van der Waals surface area contributed by atoms with E-state index >= 15 is 0 Å². The molecule has 3 fully saturated rings. The van der Waals surface area contributed by atoms with Gasteiger partial charge in [0.25, 0.3) is 0 Å². The first-order chi connectivity index (χ1) is 21.9. The van der Waals surface area contributed by atoms with Crippen LogP contribution in [-0.2, 0) is 28.6 Å². The summed E-state index contributed by atoms with van der Waals surface area (Å²) in [6.45, 7) is 20.0. The summed E-state index contributed by atoms with van der Waals surface area (Å²) < 4.78 is 16.8. The van der Waals surface area contributed by atoms with E-state index < -0.39 is 52.8 Å². The van der Waals surface area contributed by atoms with Gasteiger partial charge in [0.2, 0.25) is 0 Å². The maximum atomic E-state index is 13.4. The fourth-order valence-corrected chi connectivity index (χ4v) is 11.2. The number of aliphatic hydroxyl groups is 3. The standard InChI is InChI=1S/C39H64O9/c1-23(12-15-30(41)35(5,6)44)25-16-18-39(10)27-13-14-29-34(3,4)33(47-24(2)40)28(20-37(29,8)26(27)17-19-38(25,39)9)48-32(43)22-36(7,45)21-31(42)46-11/h17,23,25,27-30,33,41,44-45H,12-16,18-22H2,1-11H3/t23-,25-,27?,28-,29?,30-,33+,36?,37-,38-,39+/m1/s1. The van der Waals surface area contributed by atoms with Gasteiger partial charge in [-0.2, -0.15) is 0 Å². The highest BCUT2D eigenvalue weighted by molar-refractivity contribution is 5.75. The molecule has 48 heavy (non-hydrogen) atoms. The summed E-state index contributed by atoms with van der Waals surface area (Å²) in [7, 11) is 1.24. The van der Waals surface area contributed by atoms with E-state index in [1.165, 1.54) is 26.5 Å². The third-order valence-corrected chi connectivity index (χ3v) is 14.0. The van der Waals surface area contributed by atoms with E-state index in [1.807, 2.05) is 0 Å². The SMILES string of the molecule is COC(=O)CC(C)(O)CC(=O)O[C@@H]1C[C@]2(C)C3=CC[C@]4(C)[C@@H]([C@H](C)CC[C@@H](O)C(C)(C)O)CC[C@@]4(C)C3CCC2C(C)(C)[C@H]1OC(C)=O. The molecule has 0 saturated heterocycles. The number of hydrogen-bond donors (Lipinski definition) is 3. The van der Waals surface area contributed by atoms with Gasteiger partial charge in [0.15, 0.2) is 0 Å². The minimum Gasteiger partial charge on any atom is -0.469 e. The van der Waals surface area contributed by atoms with Crippen molar-refractivity contribution in [1.29, 1.82) is 0 Å². The lowest BCUT2D eigenvalue weighted by Crippen LogP contribution is -2.63. The summed E-state index contributed by atoms with van der Waals surface area (Å²) in [4.78, 5) is 37.6. The molecule has 0 aromatic carbocycles. The van der Waals surface area contributed by atoms with Gasteiger partial charge in [-0.1, -0.05) is 53.2 Å². The molecule has 0 spiro atoms. The fourth-order valence-electron chi connectivity index (χ4n) is 11.2. The Balaban J connectivity index is 1.63. The first-order valence-electron chi connectivity index (χ1n) is 18.2. The molecule has 3 N–H and O–H groups in total. The lowest BCUT2D eigenvalue weighted by molar-refractivity contribution is -0.211. The molecule has 3 saturated carbocycles. The largest absolute Gasteiger partial charge is 0.469 e. The van der Waals surface area contributed by atoms with Gasteiger partial charge in [-0.05, 0) is 112 Å². The van der Waals surface area contributed by atoms with Crippen LogP contribution >= 0.6 is 0 Å². The first kappa shape index (κ1) is 38.8. The second kappa shape index (κ2) is 13.3. The Morgan fingerprint density at radius 2 is 1.56 bits per heavy atom. The lowest BCUT2D eigenvalue weighted by atomic mass is 9.40. The lowest BCUT2D eigenvalue weighted by Gasteiger charge is -2.65. The molecule has 0 heterocycles. The summed E-state index contributed by atoms with van der Waals surface area (Å²) in [6.07, 6.45) is 6.84. The number of ether oxygens (including phenoxy) is 3. The van der Waals surface area contributed by atoms with Crippen LogP contribution in [0.25, 0.3) is 0 Å². The Bertz CT molecular complexity index is 1260. The average Bonchev–Trinajstić information content (AvgIpc) is 3.23. The van der Waals surface area contributed by atoms with E-state index in [1.54, 1.807) is 13.8 Å². The van der Waals surface area contributed by atoms with Crippen LogP contribution in [0.2, 0.25) is 0 Å². The highest BCUT2D eigenvalue weighted by atomic mass is 16.6. The maximum absolute atomic E-state index is 13.4. The van der Waals surface area contributed by atoms with Crippen LogP contribution in [0.1, 0.15) is 133 Å². The van der Waals surface area contributed by atoms with Gasteiger partial charge in [-0.25, -0.2) is 0 Å². The zero-order chi connectivity index (χ0) is 36.3. The minimum absolute atomic E-state index is 0.0779. The molecule has 4 aliphatic carbocycles. The number of rotatable bonds is 11. The van der Waals surface area contributed by atoms with Crippen LogP contribution in [0.3, 0.4) is 0 Å². The summed E-state index contributed by atoms with van der Waals surface area (Å²) in [5, 5.41) is 31.7. The normalized spacial score (nSPS) is 38.2. The quantitative estimate of drug-likeness (QED) is 0.131. The number of fused-ring (bicyclic) bond motifs is 5. The zero-order valence-corrected chi connectivity index (χ0v) is 31.5. The molecule has 0 amide bonds. The highest BCUT2D eigenvalue weighted by Crippen LogP contribution is 2.73. The molecule has 0 aliphatic heterocycles. The number of aliphatic hydroxyl groups excluding tert-OH is 1. The molecule has 0 aromatic heterocycles. The second-order valence-electron chi connectivity index (χ2n) is 18.2. The first-order valence-corrected chi connectivity index (χ1v) is 18.2. The van der Waals surface area contributed by atoms with E-state index in [4.69, 9.17) is 14.2 Å². The molecular weight excluding hydrogens is 612 g/mol. The monoisotopic (exact) mass is 676 g/mol. The predicted molar refractivity (Wildman–Crippen MR) is 182 cm³/mol. The topological polar surface area (TPSA) is 140 Å². The van der Waals surface area contributed by atoms with Gasteiger partial charge >= 0.3 is 17.9 Å². The third-order valence-electron chi connectivity index (χ3n) is 14.0. The van der Waals surface area contributed by atoms with Crippen molar-refractivity contribution >= 4 is 17.9 Å². The fraction of sp³-hybridized carbons (Fsp3) is 0.872. The van der Waals surface area contributed by atoms with Crippen molar-refractivity contribution in [3.05, 3.63) is 11.6 Å². The van der Waals surface area contributed by atoms with E-state index in [9.17, 15) is 29.7 Å². The average molecular weight is 677 g/mol. The van der Waals surface area contributed by atoms with E-state index in [0.717, 1.165) is 38.5 Å². The van der Waals surface area contributed by atoms with Crippen molar-refractivity contribution in [1.82, 2.24) is 0 Å². The van der Waals surface area contributed by atoms with E-state index in [0.29, 0.717) is 30.6 Å². The number of esters is 3. The van der Waals surface area contributed by atoms with Crippen LogP contribution < -0.4 is 0 Å². The molecule has 9 heteroatoms. The summed E-state index contributed by atoms with van der Waals surface area (Å²) >= 11 is 0. The number of allylic oxidation sites excluding steroid dienone is 2. The molecule has 4 rings (SSSR count). The molecule has 274 valence electrons. The zero-order valence-electron chi connectivity index (χ0n) is 31.5. The van der Waals surface area contributed by atoms with E-state index in [2.05, 4.69) is 47.6 Å². The van der Waals surface area contributed by atoms with Crippen molar-refractivity contribution in [3.63, 3.8) is 0 Å². The second-order valence-corrected chi connectivity index (χ2v) is 18.2. The Labute approximate surface area is 288 Å². The Morgan fingerprint density at radius 1 is 0.938 bits per heavy atom. The van der Waals surface area contributed by atoms with Gasteiger partial charge in [0.1, 0.15) is 12.2 Å². The van der Waals surface area contributed by atoms with Crippen molar-refractivity contribution in [2.75, 3.05) is 7.11 Å². The molecule has 0 bridgehead atoms. The molecule has 11 atom stereocenters. The van der Waals surface area contributed by atoms with Gasteiger partial charge < -0.3 is 29.5 Å². The smallest absolute Gasteiger partial charge is 0.309 e. The number of methoxy groups -OCH3 is 1. The number of carbonyl (C=O) groups excluding carboxylic acids is 3. The minimum atomic E-state index is -1.64. The van der Waals surface area contributed by atoms with Crippen LogP contribution in [0.4, 0.5) is 0 Å². The van der Waals surface area contributed by atoms with Crippen molar-refractivity contribution in [2.45, 2.75) is 163 Å². The highest BCUT2D eigenvalue weighted by Gasteiger charge is 2.67. The molecule has 0 radical (unpaired) electrons. The molecular formula is C39H64O9. The van der Waals surface area contributed by atoms with Gasteiger partial charge in [0, 0.05) is 12.3 Å². The number of hydrogen-bond acceptors (Lipinski definition) is 9. The van der Waals surface area contributed by atoms with Crippen molar-refractivity contribution in [3.8, 4) is 0 Å². The third kappa shape index (κ3) is 6.99. The van der Waals surface area contributed by atoms with Gasteiger partial charge in [-0.15, -0.1) is 0 Å². The molecule has 9 nitrogen and oxygen atoms in total. The van der Waals surface area contributed by atoms with Crippen LogP contribution in [0.15, 0.2) is 11.6 Å². The van der Waals surface area contributed by atoms with Gasteiger partial charge in [-0.3, -0.25) is 14.4 Å². The summed E-state index contributed by atoms with van der Waals surface area (Å²) in [5.41, 5.74) is -1.94. The van der Waals surface area contributed by atoms with Crippen molar-refractivity contribution < 1.29 is 43.9 Å². The molecule has 4 aliphatic rings. The summed E-state index contributed by atoms with van der Waals surface area (Å²) in [6, 6.07) is 0. The maximum Gasteiger partial charge on any atom is 0.309 e. The van der Waals surface area contributed by atoms with E-state index in [-0.39, 0.29) is 35.0 Å². The van der Waals surface area contributed by atoms with Crippen LogP contribution in [-0.4, -0.2) is 69.9 Å². The van der Waals surface area contributed by atoms with Crippen molar-refractivity contribution in [2.24, 2.45) is 45.3 Å².